The average Bonchev–Trinajstić information content (AvgIpc) is 2.39. The van der Waals surface area contributed by atoms with Crippen LogP contribution in [0, 0.1) is 18.3 Å². The van der Waals surface area contributed by atoms with Gasteiger partial charge in [-0.1, -0.05) is 0 Å². The van der Waals surface area contributed by atoms with Crippen molar-refractivity contribution in [2.75, 3.05) is 19.0 Å². The number of anilines is 1. The maximum absolute atomic E-state index is 11.1. The Labute approximate surface area is 111 Å². The third kappa shape index (κ3) is 3.39. The SMILES string of the molecule is Cc1cc(N(C=O)/C=C(/C=O)N(C)C)ncc1C#N. The Morgan fingerprint density at radius 2 is 2.11 bits per heavy atom. The third-order valence-corrected chi connectivity index (χ3v) is 2.50. The van der Waals surface area contributed by atoms with E-state index in [4.69, 9.17) is 5.26 Å². The smallest absolute Gasteiger partial charge is 0.219 e. The van der Waals surface area contributed by atoms with Crippen LogP contribution in [0.15, 0.2) is 24.2 Å². The van der Waals surface area contributed by atoms with Gasteiger partial charge in [0.2, 0.25) is 6.41 Å². The second-order valence-electron chi connectivity index (χ2n) is 4.05. The molecule has 1 heterocycles. The van der Waals surface area contributed by atoms with Crippen LogP contribution in [0.2, 0.25) is 0 Å². The second kappa shape index (κ2) is 6.31. The summed E-state index contributed by atoms with van der Waals surface area (Å²) < 4.78 is 0. The third-order valence-electron chi connectivity index (χ3n) is 2.50. The highest BCUT2D eigenvalue weighted by atomic mass is 16.1. The van der Waals surface area contributed by atoms with Gasteiger partial charge in [-0.05, 0) is 18.6 Å². The number of pyridine rings is 1. The molecule has 1 aromatic rings. The van der Waals surface area contributed by atoms with E-state index in [0.29, 0.717) is 35.3 Å². The Hall–Kier alpha value is -2.68. The van der Waals surface area contributed by atoms with E-state index in [0.717, 1.165) is 0 Å². The molecule has 0 radical (unpaired) electrons. The summed E-state index contributed by atoms with van der Waals surface area (Å²) in [5, 5.41) is 8.82. The van der Waals surface area contributed by atoms with Crippen LogP contribution in [0.3, 0.4) is 0 Å². The molecule has 19 heavy (non-hydrogen) atoms. The number of hydrogen-bond acceptors (Lipinski definition) is 5. The van der Waals surface area contributed by atoms with Crippen LogP contribution >= 0.6 is 0 Å². The van der Waals surface area contributed by atoms with Crippen molar-refractivity contribution < 1.29 is 9.59 Å². The van der Waals surface area contributed by atoms with Gasteiger partial charge in [-0.3, -0.25) is 14.5 Å². The van der Waals surface area contributed by atoms with E-state index in [1.54, 1.807) is 32.0 Å². The van der Waals surface area contributed by atoms with Gasteiger partial charge in [0, 0.05) is 26.5 Å². The highest BCUT2D eigenvalue weighted by Crippen LogP contribution is 2.15. The standard InChI is InChI=1S/C13H14N4O2/c1-10-4-13(15-6-11(10)5-14)17(9-19)7-12(8-18)16(2)3/h4,6-9H,1-3H3/b12-7-. The van der Waals surface area contributed by atoms with Crippen molar-refractivity contribution in [1.82, 2.24) is 9.88 Å². The fourth-order valence-corrected chi connectivity index (χ4v) is 1.34. The first-order valence-corrected chi connectivity index (χ1v) is 5.48. The van der Waals surface area contributed by atoms with Crippen molar-refractivity contribution in [2.45, 2.75) is 6.92 Å². The predicted octanol–water partition coefficient (Wildman–Crippen LogP) is 0.826. The molecule has 0 N–H and O–H groups in total. The molecule has 6 heteroatoms. The van der Waals surface area contributed by atoms with E-state index in [1.165, 1.54) is 17.3 Å². The zero-order valence-electron chi connectivity index (χ0n) is 11.0. The molecule has 6 nitrogen and oxygen atoms in total. The van der Waals surface area contributed by atoms with Gasteiger partial charge in [-0.25, -0.2) is 4.98 Å². The topological polar surface area (TPSA) is 77.3 Å². The number of nitriles is 1. The molecule has 1 rings (SSSR count). The van der Waals surface area contributed by atoms with Crippen molar-refractivity contribution in [3.05, 3.63) is 35.3 Å². The number of likely N-dealkylation sites (N-methyl/N-ethyl adjacent to an activating group) is 1. The molecule has 0 aromatic carbocycles. The first kappa shape index (κ1) is 14.4. The van der Waals surface area contributed by atoms with Crippen LogP contribution in [0.5, 0.6) is 0 Å². The number of aldehydes is 1. The van der Waals surface area contributed by atoms with Crippen LogP contribution in [0.25, 0.3) is 0 Å². The van der Waals surface area contributed by atoms with Crippen LogP contribution < -0.4 is 4.90 Å². The number of carbonyl (C=O) groups excluding carboxylic acids is 2. The summed E-state index contributed by atoms with van der Waals surface area (Å²) in [7, 11) is 3.39. The minimum absolute atomic E-state index is 0.330. The lowest BCUT2D eigenvalue weighted by Crippen LogP contribution is -2.21. The summed E-state index contributed by atoms with van der Waals surface area (Å²) >= 11 is 0. The maximum Gasteiger partial charge on any atom is 0.219 e. The van der Waals surface area contributed by atoms with E-state index >= 15 is 0 Å². The highest BCUT2D eigenvalue weighted by molar-refractivity contribution is 5.81. The van der Waals surface area contributed by atoms with Crippen molar-refractivity contribution >= 4 is 18.5 Å². The number of aryl methyl sites for hydroxylation is 1. The van der Waals surface area contributed by atoms with Gasteiger partial charge >= 0.3 is 0 Å². The number of allylic oxidation sites excluding steroid dienone is 1. The molecular weight excluding hydrogens is 244 g/mol. The summed E-state index contributed by atoms with van der Waals surface area (Å²) in [5.74, 6) is 0.354. The van der Waals surface area contributed by atoms with E-state index in [1.807, 2.05) is 6.07 Å². The van der Waals surface area contributed by atoms with Gasteiger partial charge in [0.15, 0.2) is 6.29 Å². The molecule has 0 saturated heterocycles. The quantitative estimate of drug-likeness (QED) is 0.577. The molecule has 0 aliphatic heterocycles. The minimum Gasteiger partial charge on any atom is -0.374 e. The lowest BCUT2D eigenvalue weighted by atomic mass is 10.2. The Kier molecular flexibility index (Phi) is 4.77. The molecule has 1 aromatic heterocycles. The number of hydrogen-bond donors (Lipinski definition) is 0. The molecule has 98 valence electrons. The first-order valence-electron chi connectivity index (χ1n) is 5.48. The Bertz CT molecular complexity index is 558. The number of carbonyl (C=O) groups is 2. The Morgan fingerprint density at radius 3 is 2.53 bits per heavy atom. The Balaban J connectivity index is 3.18. The number of nitrogens with zero attached hydrogens (tertiary/aromatic N) is 4. The monoisotopic (exact) mass is 258 g/mol. The fraction of sp³-hybridized carbons (Fsp3) is 0.231. The van der Waals surface area contributed by atoms with E-state index in [2.05, 4.69) is 4.98 Å². The highest BCUT2D eigenvalue weighted by Gasteiger charge is 2.09. The van der Waals surface area contributed by atoms with Crippen LogP contribution in [0.4, 0.5) is 5.82 Å². The summed E-state index contributed by atoms with van der Waals surface area (Å²) in [5.41, 5.74) is 1.49. The van der Waals surface area contributed by atoms with E-state index < -0.39 is 0 Å². The van der Waals surface area contributed by atoms with E-state index in [-0.39, 0.29) is 0 Å². The van der Waals surface area contributed by atoms with Crippen molar-refractivity contribution in [3.63, 3.8) is 0 Å². The van der Waals surface area contributed by atoms with Crippen molar-refractivity contribution in [3.8, 4) is 6.07 Å². The van der Waals surface area contributed by atoms with Gasteiger partial charge in [0.25, 0.3) is 0 Å². The summed E-state index contributed by atoms with van der Waals surface area (Å²) in [6.07, 6.45) is 3.98. The largest absolute Gasteiger partial charge is 0.374 e. The molecule has 0 fully saturated rings. The summed E-state index contributed by atoms with van der Waals surface area (Å²) in [4.78, 5) is 28.8. The first-order chi connectivity index (χ1) is 9.03. The van der Waals surface area contributed by atoms with Crippen LogP contribution in [-0.4, -0.2) is 36.7 Å². The zero-order chi connectivity index (χ0) is 14.4. The van der Waals surface area contributed by atoms with E-state index in [9.17, 15) is 9.59 Å². The molecule has 0 atom stereocenters. The predicted molar refractivity (Wildman–Crippen MR) is 70.1 cm³/mol. The lowest BCUT2D eigenvalue weighted by molar-refractivity contribution is -0.107. The molecular formula is C13H14N4O2. The molecule has 0 bridgehead atoms. The summed E-state index contributed by atoms with van der Waals surface area (Å²) in [6, 6.07) is 3.61. The molecule has 0 spiro atoms. The second-order valence-corrected chi connectivity index (χ2v) is 4.05. The van der Waals surface area contributed by atoms with Crippen LogP contribution in [-0.2, 0) is 9.59 Å². The molecule has 1 amide bonds. The van der Waals surface area contributed by atoms with Gasteiger partial charge in [-0.2, -0.15) is 5.26 Å². The normalized spacial score (nSPS) is 10.5. The van der Waals surface area contributed by atoms with Crippen molar-refractivity contribution in [1.29, 1.82) is 5.26 Å². The molecule has 0 aliphatic rings. The Morgan fingerprint density at radius 1 is 1.42 bits per heavy atom. The average molecular weight is 258 g/mol. The lowest BCUT2D eigenvalue weighted by Gasteiger charge is -2.17. The summed E-state index contributed by atoms with van der Waals surface area (Å²) in [6.45, 7) is 1.75. The van der Waals surface area contributed by atoms with Gasteiger partial charge in [0.05, 0.1) is 11.3 Å². The van der Waals surface area contributed by atoms with Crippen molar-refractivity contribution in [2.24, 2.45) is 0 Å². The number of rotatable bonds is 5. The molecule has 0 unspecified atom stereocenters. The molecule has 0 aliphatic carbocycles. The number of aromatic nitrogens is 1. The van der Waals surface area contributed by atoms with Gasteiger partial charge < -0.3 is 4.90 Å². The van der Waals surface area contributed by atoms with Gasteiger partial charge in [0.1, 0.15) is 11.9 Å². The number of amides is 1. The maximum atomic E-state index is 11.1. The molecule has 0 saturated carbocycles. The van der Waals surface area contributed by atoms with Crippen LogP contribution in [0.1, 0.15) is 11.1 Å². The zero-order valence-corrected chi connectivity index (χ0v) is 11.0. The minimum atomic E-state index is 0.330. The fourth-order valence-electron chi connectivity index (χ4n) is 1.34. The van der Waals surface area contributed by atoms with Gasteiger partial charge in [-0.15, -0.1) is 0 Å².